The molecule has 0 radical (unpaired) electrons. The average molecular weight is 785 g/mol. The van der Waals surface area contributed by atoms with Crippen LogP contribution in [0.2, 0.25) is 0 Å². The van der Waals surface area contributed by atoms with E-state index in [-0.39, 0.29) is 6.42 Å². The molecule has 0 unspecified atom stereocenters. The van der Waals surface area contributed by atoms with Crippen LogP contribution in [0.25, 0.3) is 76.5 Å². The van der Waals surface area contributed by atoms with Crippen molar-refractivity contribution in [1.82, 2.24) is 0 Å². The van der Waals surface area contributed by atoms with Gasteiger partial charge in [0.25, 0.3) is 0 Å². The summed E-state index contributed by atoms with van der Waals surface area (Å²) in [5, 5.41) is 5.87. The van der Waals surface area contributed by atoms with Gasteiger partial charge in [0.05, 0.1) is 23.8 Å². The fourth-order valence-electron chi connectivity index (χ4n) is 7.93. The van der Waals surface area contributed by atoms with Crippen LogP contribution in [-0.2, 0) is 34.5 Å². The third kappa shape index (κ3) is 6.79. The monoisotopic (exact) mass is 784 g/mol. The van der Waals surface area contributed by atoms with Gasteiger partial charge in [-0.2, -0.15) is 39.5 Å². The number of aryl methyl sites for hydroxylation is 1. The summed E-state index contributed by atoms with van der Waals surface area (Å²) in [5.74, 6) is -0.397. The first kappa shape index (κ1) is 37.8. The molecular weight excluding hydrogens is 755 g/mol. The molecule has 0 aliphatic rings. The summed E-state index contributed by atoms with van der Waals surface area (Å²) in [7, 11) is 1.29. The van der Waals surface area contributed by atoms with E-state index in [0.29, 0.717) is 62.4 Å². The van der Waals surface area contributed by atoms with Gasteiger partial charge < -0.3 is 4.74 Å². The molecule has 0 amide bonds. The van der Waals surface area contributed by atoms with Crippen molar-refractivity contribution in [3.8, 4) is 33.4 Å². The standard InChI is InChI=1S/C46H29F9O2/c1-57-39(56)4-2-3-28-11-18-36-37-22-19-32(25-5-12-29(13-6-25)44(47,48)49)35-23-20-34(27-9-16-31(17-10-27)46(53,54)55)41(42(35)37)38-24-21-33(40(28)43(36)38)26-7-14-30(15-8-26)45(50,51)52/h5-24H,2-4H2,1H3. The van der Waals surface area contributed by atoms with E-state index in [1.54, 1.807) is 6.07 Å². The molecule has 0 aliphatic carbocycles. The minimum atomic E-state index is -4.57. The molecule has 0 bridgehead atoms. The van der Waals surface area contributed by atoms with Gasteiger partial charge in [0.2, 0.25) is 0 Å². The number of methoxy groups -OCH3 is 1. The molecule has 0 atom stereocenters. The smallest absolute Gasteiger partial charge is 0.416 e. The number of hydrogen-bond donors (Lipinski definition) is 0. The first-order valence-corrected chi connectivity index (χ1v) is 17.8. The number of benzene rings is 8. The van der Waals surface area contributed by atoms with Gasteiger partial charge in [0, 0.05) is 6.42 Å². The lowest BCUT2D eigenvalue weighted by atomic mass is 9.81. The number of ether oxygens (including phenoxy) is 1. The van der Waals surface area contributed by atoms with Crippen molar-refractivity contribution in [2.75, 3.05) is 7.11 Å². The first-order valence-electron chi connectivity index (χ1n) is 17.8. The summed E-state index contributed by atoms with van der Waals surface area (Å²) in [4.78, 5) is 12.1. The number of carbonyl (C=O) groups excluding carboxylic acids is 1. The van der Waals surface area contributed by atoms with E-state index in [0.717, 1.165) is 68.9 Å². The molecule has 0 aliphatic heterocycles. The topological polar surface area (TPSA) is 26.3 Å². The van der Waals surface area contributed by atoms with Crippen molar-refractivity contribution in [3.63, 3.8) is 0 Å². The molecule has 288 valence electrons. The number of fused-ring (bicyclic) bond motifs is 2. The molecule has 8 aromatic rings. The Morgan fingerprint density at radius 2 is 0.825 bits per heavy atom. The average Bonchev–Trinajstić information content (AvgIpc) is 3.18. The van der Waals surface area contributed by atoms with Crippen molar-refractivity contribution in [2.24, 2.45) is 0 Å². The third-order valence-corrected chi connectivity index (χ3v) is 10.6. The number of rotatable bonds is 7. The van der Waals surface area contributed by atoms with Gasteiger partial charge in [-0.3, -0.25) is 4.79 Å². The Morgan fingerprint density at radius 1 is 0.439 bits per heavy atom. The van der Waals surface area contributed by atoms with Crippen molar-refractivity contribution in [3.05, 3.63) is 144 Å². The summed E-state index contributed by atoms with van der Waals surface area (Å²) in [5.41, 5.74) is 1.81. The van der Waals surface area contributed by atoms with Gasteiger partial charge >= 0.3 is 24.5 Å². The Kier molecular flexibility index (Phi) is 9.17. The van der Waals surface area contributed by atoms with E-state index in [1.165, 1.54) is 43.5 Å². The number of halogens is 9. The molecule has 0 fully saturated rings. The van der Waals surface area contributed by atoms with Gasteiger partial charge in [-0.15, -0.1) is 0 Å². The molecule has 0 spiro atoms. The lowest BCUT2D eigenvalue weighted by molar-refractivity contribution is -0.141. The number of alkyl halides is 9. The van der Waals surface area contributed by atoms with Crippen LogP contribution in [-0.4, -0.2) is 13.1 Å². The second kappa shape index (κ2) is 13.8. The summed E-state index contributed by atoms with van der Waals surface area (Å²) in [6.45, 7) is 0. The maximum atomic E-state index is 13.7. The van der Waals surface area contributed by atoms with Gasteiger partial charge in [-0.1, -0.05) is 84.9 Å². The lowest BCUT2D eigenvalue weighted by Gasteiger charge is -2.22. The van der Waals surface area contributed by atoms with Gasteiger partial charge in [-0.05, 0) is 131 Å². The molecule has 8 aromatic carbocycles. The Balaban J connectivity index is 1.46. The Bertz CT molecular complexity index is 2800. The summed E-state index contributed by atoms with van der Waals surface area (Å²) in [6, 6.07) is 29.3. The molecule has 0 saturated heterocycles. The van der Waals surface area contributed by atoms with E-state index in [9.17, 15) is 44.3 Å². The van der Waals surface area contributed by atoms with E-state index >= 15 is 0 Å². The number of esters is 1. The zero-order valence-electron chi connectivity index (χ0n) is 29.9. The van der Waals surface area contributed by atoms with Crippen LogP contribution >= 0.6 is 0 Å². The van der Waals surface area contributed by atoms with Gasteiger partial charge in [-0.25, -0.2) is 0 Å². The van der Waals surface area contributed by atoms with Crippen LogP contribution in [0.3, 0.4) is 0 Å². The quantitative estimate of drug-likeness (QED) is 0.0696. The van der Waals surface area contributed by atoms with E-state index < -0.39 is 41.2 Å². The zero-order chi connectivity index (χ0) is 40.4. The Morgan fingerprint density at radius 3 is 1.30 bits per heavy atom. The highest BCUT2D eigenvalue weighted by molar-refractivity contribution is 6.37. The Labute approximate surface area is 319 Å². The van der Waals surface area contributed by atoms with Crippen LogP contribution in [0.1, 0.15) is 35.1 Å². The third-order valence-electron chi connectivity index (χ3n) is 10.6. The van der Waals surface area contributed by atoms with Crippen LogP contribution in [0.4, 0.5) is 39.5 Å². The highest BCUT2D eigenvalue weighted by atomic mass is 19.4. The fourth-order valence-corrected chi connectivity index (χ4v) is 7.93. The molecule has 0 saturated carbocycles. The molecule has 2 nitrogen and oxygen atoms in total. The van der Waals surface area contributed by atoms with Crippen molar-refractivity contribution in [2.45, 2.75) is 37.8 Å². The maximum Gasteiger partial charge on any atom is 0.416 e. The molecule has 0 heterocycles. The second-order valence-corrected chi connectivity index (χ2v) is 13.9. The van der Waals surface area contributed by atoms with Crippen LogP contribution in [0.5, 0.6) is 0 Å². The second-order valence-electron chi connectivity index (χ2n) is 13.9. The van der Waals surface area contributed by atoms with Crippen molar-refractivity contribution in [1.29, 1.82) is 0 Å². The zero-order valence-corrected chi connectivity index (χ0v) is 29.9. The van der Waals surface area contributed by atoms with Gasteiger partial charge in [0.15, 0.2) is 0 Å². The normalized spacial score (nSPS) is 12.7. The predicted molar refractivity (Wildman–Crippen MR) is 204 cm³/mol. The summed E-state index contributed by atoms with van der Waals surface area (Å²) >= 11 is 0. The number of carbonyl (C=O) groups is 1. The molecule has 11 heteroatoms. The van der Waals surface area contributed by atoms with Crippen LogP contribution < -0.4 is 0 Å². The summed E-state index contributed by atoms with van der Waals surface area (Å²) in [6.07, 6.45) is -12.7. The summed E-state index contributed by atoms with van der Waals surface area (Å²) < 4.78 is 127. The minimum absolute atomic E-state index is 0.127. The molecule has 0 N–H and O–H groups in total. The SMILES string of the molecule is COC(=O)CCCc1ccc2c3ccc(-c4ccc(C(F)(F)F)cc4)c4ccc(-c5ccc(C(F)(F)F)cc5)c(c5ccc(-c6ccc(C(F)(F)F)cc6)c1c25)c43. The van der Waals surface area contributed by atoms with E-state index in [2.05, 4.69) is 0 Å². The predicted octanol–water partition coefficient (Wildman–Crippen LogP) is 14.3. The van der Waals surface area contributed by atoms with E-state index in [4.69, 9.17) is 4.74 Å². The lowest BCUT2D eigenvalue weighted by Crippen LogP contribution is -2.04. The molecule has 57 heavy (non-hydrogen) atoms. The van der Waals surface area contributed by atoms with Gasteiger partial charge in [0.1, 0.15) is 0 Å². The highest BCUT2D eigenvalue weighted by Gasteiger charge is 2.32. The fraction of sp³-hybridized carbons (Fsp3) is 0.152. The first-order chi connectivity index (χ1) is 27.0. The van der Waals surface area contributed by atoms with Crippen LogP contribution in [0, 0.1) is 0 Å². The van der Waals surface area contributed by atoms with Crippen molar-refractivity contribution >= 4 is 49.1 Å². The molecular formula is C46H29F9O2. The highest BCUT2D eigenvalue weighted by Crippen LogP contribution is 2.49. The Hall–Kier alpha value is -6.10. The molecule has 0 aromatic heterocycles. The van der Waals surface area contributed by atoms with Crippen LogP contribution in [0.15, 0.2) is 121 Å². The van der Waals surface area contributed by atoms with E-state index in [1.807, 2.05) is 42.5 Å². The largest absolute Gasteiger partial charge is 0.469 e. The molecule has 8 rings (SSSR count). The number of hydrogen-bond acceptors (Lipinski definition) is 2. The van der Waals surface area contributed by atoms with Crippen molar-refractivity contribution < 1.29 is 49.0 Å². The minimum Gasteiger partial charge on any atom is -0.469 e. The maximum absolute atomic E-state index is 13.7.